The van der Waals surface area contributed by atoms with Gasteiger partial charge in [-0.2, -0.15) is 0 Å². The SMILES string of the molecule is Cc1cc(OC(=O)c2ccc(OCCO)cc2)ccc1OC(=O)c1ccc(O)cc1. The number of aliphatic hydroxyl groups excluding tert-OH is 1. The van der Waals surface area contributed by atoms with Gasteiger partial charge >= 0.3 is 11.9 Å². The summed E-state index contributed by atoms with van der Waals surface area (Å²) < 4.78 is 16.0. The number of benzene rings is 3. The molecule has 3 aromatic carbocycles. The summed E-state index contributed by atoms with van der Waals surface area (Å²) in [7, 11) is 0. The summed E-state index contributed by atoms with van der Waals surface area (Å²) in [5.41, 5.74) is 1.25. The van der Waals surface area contributed by atoms with Crippen molar-refractivity contribution in [3.8, 4) is 23.0 Å². The van der Waals surface area contributed by atoms with Crippen LogP contribution in [0.2, 0.25) is 0 Å². The first-order chi connectivity index (χ1) is 14.5. The van der Waals surface area contributed by atoms with Crippen LogP contribution in [-0.2, 0) is 0 Å². The van der Waals surface area contributed by atoms with Crippen LogP contribution >= 0.6 is 0 Å². The van der Waals surface area contributed by atoms with E-state index in [0.29, 0.717) is 33.9 Å². The van der Waals surface area contributed by atoms with Crippen molar-refractivity contribution in [1.82, 2.24) is 0 Å². The number of hydrogen-bond acceptors (Lipinski definition) is 7. The molecule has 0 aliphatic heterocycles. The van der Waals surface area contributed by atoms with Crippen LogP contribution in [0, 0.1) is 6.92 Å². The molecule has 0 aromatic heterocycles. The van der Waals surface area contributed by atoms with Crippen LogP contribution in [0.5, 0.6) is 23.0 Å². The first kappa shape index (κ1) is 20.9. The summed E-state index contributed by atoms with van der Waals surface area (Å²) in [5, 5.41) is 18.1. The summed E-state index contributed by atoms with van der Waals surface area (Å²) in [4.78, 5) is 24.5. The summed E-state index contributed by atoms with van der Waals surface area (Å²) in [6.45, 7) is 1.81. The van der Waals surface area contributed by atoms with Gasteiger partial charge in [-0.15, -0.1) is 0 Å². The van der Waals surface area contributed by atoms with Gasteiger partial charge in [0, 0.05) is 0 Å². The van der Waals surface area contributed by atoms with E-state index in [4.69, 9.17) is 19.3 Å². The monoisotopic (exact) mass is 408 g/mol. The number of aryl methyl sites for hydroxylation is 1. The number of carbonyl (C=O) groups is 2. The Kier molecular flexibility index (Phi) is 6.67. The maximum atomic E-state index is 12.3. The molecule has 0 aliphatic rings. The predicted octanol–water partition coefficient (Wildman–Crippen LogP) is 3.51. The lowest BCUT2D eigenvalue weighted by molar-refractivity contribution is 0.0718. The normalized spacial score (nSPS) is 10.3. The van der Waals surface area contributed by atoms with E-state index < -0.39 is 11.9 Å². The third kappa shape index (κ3) is 5.36. The van der Waals surface area contributed by atoms with E-state index in [-0.39, 0.29) is 19.0 Å². The van der Waals surface area contributed by atoms with Gasteiger partial charge in [-0.25, -0.2) is 9.59 Å². The Bertz CT molecular complexity index is 1020. The van der Waals surface area contributed by atoms with Gasteiger partial charge in [-0.1, -0.05) is 0 Å². The number of esters is 2. The number of hydrogen-bond donors (Lipinski definition) is 2. The zero-order valence-electron chi connectivity index (χ0n) is 16.2. The van der Waals surface area contributed by atoms with Gasteiger partial charge < -0.3 is 24.4 Å². The molecular weight excluding hydrogens is 388 g/mol. The predicted molar refractivity (Wildman–Crippen MR) is 108 cm³/mol. The number of phenols is 1. The fourth-order valence-electron chi connectivity index (χ4n) is 2.57. The van der Waals surface area contributed by atoms with Crippen LogP contribution in [-0.4, -0.2) is 35.4 Å². The number of phenolic OH excluding ortho intramolecular Hbond substituents is 1. The summed E-state index contributed by atoms with van der Waals surface area (Å²) >= 11 is 0. The molecule has 0 unspecified atom stereocenters. The lowest BCUT2D eigenvalue weighted by atomic mass is 10.2. The van der Waals surface area contributed by atoms with Gasteiger partial charge in [0.15, 0.2) is 0 Å². The Morgan fingerprint density at radius 1 is 0.800 bits per heavy atom. The van der Waals surface area contributed by atoms with Crippen molar-refractivity contribution < 1.29 is 34.0 Å². The maximum Gasteiger partial charge on any atom is 0.343 e. The second-order valence-corrected chi connectivity index (χ2v) is 6.35. The topological polar surface area (TPSA) is 102 Å². The Morgan fingerprint density at radius 3 is 1.97 bits per heavy atom. The highest BCUT2D eigenvalue weighted by Crippen LogP contribution is 2.25. The number of aromatic hydroxyl groups is 1. The maximum absolute atomic E-state index is 12.3. The van der Waals surface area contributed by atoms with E-state index >= 15 is 0 Å². The van der Waals surface area contributed by atoms with Crippen molar-refractivity contribution in [2.45, 2.75) is 6.92 Å². The van der Waals surface area contributed by atoms with Crippen molar-refractivity contribution in [1.29, 1.82) is 0 Å². The fraction of sp³-hybridized carbons (Fsp3) is 0.130. The van der Waals surface area contributed by atoms with Crippen LogP contribution in [0.25, 0.3) is 0 Å². The van der Waals surface area contributed by atoms with Gasteiger partial charge in [-0.05, 0) is 79.2 Å². The zero-order chi connectivity index (χ0) is 21.5. The minimum Gasteiger partial charge on any atom is -0.508 e. The standard InChI is InChI=1S/C23H20O7/c1-15-14-20(29-22(26)17-4-8-19(9-5-17)28-13-12-24)10-11-21(15)30-23(27)16-2-6-18(25)7-3-16/h2-11,14,24-25H,12-13H2,1H3. The smallest absolute Gasteiger partial charge is 0.343 e. The third-order valence-electron chi connectivity index (χ3n) is 4.11. The molecule has 3 rings (SSSR count). The largest absolute Gasteiger partial charge is 0.508 e. The van der Waals surface area contributed by atoms with E-state index in [1.54, 1.807) is 43.3 Å². The summed E-state index contributed by atoms with van der Waals surface area (Å²) in [6.07, 6.45) is 0. The molecule has 0 saturated carbocycles. The molecule has 0 heterocycles. The molecule has 0 radical (unpaired) electrons. The fourth-order valence-corrected chi connectivity index (χ4v) is 2.57. The molecule has 30 heavy (non-hydrogen) atoms. The van der Waals surface area contributed by atoms with E-state index in [1.165, 1.54) is 30.3 Å². The van der Waals surface area contributed by atoms with Crippen LogP contribution in [0.4, 0.5) is 0 Å². The quantitative estimate of drug-likeness (QED) is 0.456. The van der Waals surface area contributed by atoms with E-state index in [0.717, 1.165) is 0 Å². The Labute approximate surface area is 173 Å². The molecule has 0 atom stereocenters. The highest BCUT2D eigenvalue weighted by atomic mass is 16.5. The van der Waals surface area contributed by atoms with Gasteiger partial charge in [0.2, 0.25) is 0 Å². The molecule has 0 bridgehead atoms. The van der Waals surface area contributed by atoms with Gasteiger partial charge in [0.1, 0.15) is 29.6 Å². The van der Waals surface area contributed by atoms with E-state index in [9.17, 15) is 14.7 Å². The lowest BCUT2D eigenvalue weighted by Gasteiger charge is -2.10. The first-order valence-corrected chi connectivity index (χ1v) is 9.14. The van der Waals surface area contributed by atoms with Crippen molar-refractivity contribution in [3.05, 3.63) is 83.4 Å². The van der Waals surface area contributed by atoms with Crippen LogP contribution in [0.1, 0.15) is 26.3 Å². The molecule has 7 heteroatoms. The molecule has 3 aromatic rings. The number of rotatable bonds is 7. The zero-order valence-corrected chi connectivity index (χ0v) is 16.2. The second-order valence-electron chi connectivity index (χ2n) is 6.35. The molecule has 154 valence electrons. The Hall–Kier alpha value is -3.84. The molecule has 0 aliphatic carbocycles. The molecule has 0 saturated heterocycles. The summed E-state index contributed by atoms with van der Waals surface area (Å²) in [6, 6.07) is 16.8. The first-order valence-electron chi connectivity index (χ1n) is 9.14. The molecule has 2 N–H and O–H groups in total. The highest BCUT2D eigenvalue weighted by Gasteiger charge is 2.13. The van der Waals surface area contributed by atoms with E-state index in [2.05, 4.69) is 0 Å². The highest BCUT2D eigenvalue weighted by molar-refractivity contribution is 5.92. The Morgan fingerprint density at radius 2 is 1.37 bits per heavy atom. The molecule has 0 spiro atoms. The van der Waals surface area contributed by atoms with Crippen LogP contribution < -0.4 is 14.2 Å². The number of ether oxygens (including phenoxy) is 3. The van der Waals surface area contributed by atoms with Crippen molar-refractivity contribution >= 4 is 11.9 Å². The van der Waals surface area contributed by atoms with E-state index in [1.807, 2.05) is 0 Å². The Balaban J connectivity index is 1.63. The number of aliphatic hydroxyl groups is 1. The molecular formula is C23H20O7. The number of carbonyl (C=O) groups excluding carboxylic acids is 2. The van der Waals surface area contributed by atoms with Gasteiger partial charge in [-0.3, -0.25) is 0 Å². The van der Waals surface area contributed by atoms with Crippen LogP contribution in [0.3, 0.4) is 0 Å². The third-order valence-corrected chi connectivity index (χ3v) is 4.11. The van der Waals surface area contributed by atoms with Crippen LogP contribution in [0.15, 0.2) is 66.7 Å². The minimum absolute atomic E-state index is 0.0567. The van der Waals surface area contributed by atoms with Crippen molar-refractivity contribution in [2.75, 3.05) is 13.2 Å². The lowest BCUT2D eigenvalue weighted by Crippen LogP contribution is -2.10. The van der Waals surface area contributed by atoms with Gasteiger partial charge in [0.05, 0.1) is 17.7 Å². The van der Waals surface area contributed by atoms with Crippen molar-refractivity contribution in [2.24, 2.45) is 0 Å². The molecule has 7 nitrogen and oxygen atoms in total. The average molecular weight is 408 g/mol. The summed E-state index contributed by atoms with van der Waals surface area (Å²) in [5.74, 6) is 0.126. The van der Waals surface area contributed by atoms with Crippen molar-refractivity contribution in [3.63, 3.8) is 0 Å². The molecule has 0 amide bonds. The average Bonchev–Trinajstić information content (AvgIpc) is 2.75. The molecule has 0 fully saturated rings. The minimum atomic E-state index is -0.564. The van der Waals surface area contributed by atoms with Gasteiger partial charge in [0.25, 0.3) is 0 Å². The second kappa shape index (κ2) is 9.58.